The van der Waals surface area contributed by atoms with E-state index in [9.17, 15) is 4.79 Å². The fourth-order valence-corrected chi connectivity index (χ4v) is 1.91. The number of aromatic amines is 1. The zero-order valence-electron chi connectivity index (χ0n) is 10.4. The molecule has 0 radical (unpaired) electrons. The highest BCUT2D eigenvalue weighted by molar-refractivity contribution is 5.97. The maximum Gasteiger partial charge on any atom is 0.251 e. The molecule has 0 atom stereocenters. The van der Waals surface area contributed by atoms with Gasteiger partial charge < -0.3 is 10.3 Å². The average Bonchev–Trinajstić information content (AvgIpc) is 3.03. The Kier molecular flexibility index (Phi) is 2.75. The molecule has 6 nitrogen and oxygen atoms in total. The van der Waals surface area contributed by atoms with Crippen molar-refractivity contribution >= 4 is 16.9 Å². The van der Waals surface area contributed by atoms with E-state index >= 15 is 0 Å². The maximum absolute atomic E-state index is 12.0. The Labute approximate surface area is 109 Å². The van der Waals surface area contributed by atoms with Gasteiger partial charge in [-0.15, -0.1) is 0 Å². The fraction of sp³-hybridized carbons (Fsp3) is 0.154. The zero-order valence-corrected chi connectivity index (χ0v) is 10.4. The van der Waals surface area contributed by atoms with Crippen molar-refractivity contribution in [3.05, 3.63) is 48.0 Å². The lowest BCUT2D eigenvalue weighted by molar-refractivity contribution is 0.0950. The number of nitrogens with one attached hydrogen (secondary N) is 2. The second kappa shape index (κ2) is 4.56. The molecule has 0 aliphatic carbocycles. The van der Waals surface area contributed by atoms with E-state index in [1.54, 1.807) is 23.1 Å². The van der Waals surface area contributed by atoms with Crippen LogP contribution in [0, 0.1) is 0 Å². The van der Waals surface area contributed by atoms with Gasteiger partial charge in [0.05, 0.1) is 29.6 Å². The van der Waals surface area contributed by atoms with Crippen LogP contribution in [0.2, 0.25) is 0 Å². The molecule has 0 spiro atoms. The van der Waals surface area contributed by atoms with Gasteiger partial charge >= 0.3 is 0 Å². The van der Waals surface area contributed by atoms with E-state index in [4.69, 9.17) is 0 Å². The number of amides is 1. The summed E-state index contributed by atoms with van der Waals surface area (Å²) in [6.45, 7) is 0.417. The van der Waals surface area contributed by atoms with Gasteiger partial charge in [-0.25, -0.2) is 4.98 Å². The molecule has 2 heterocycles. The van der Waals surface area contributed by atoms with Gasteiger partial charge in [-0.2, -0.15) is 5.10 Å². The monoisotopic (exact) mass is 255 g/mol. The second-order valence-electron chi connectivity index (χ2n) is 4.30. The molecule has 0 bridgehead atoms. The molecule has 19 heavy (non-hydrogen) atoms. The molecule has 6 heteroatoms. The highest BCUT2D eigenvalue weighted by Crippen LogP contribution is 2.11. The van der Waals surface area contributed by atoms with Crippen LogP contribution in [-0.4, -0.2) is 25.7 Å². The van der Waals surface area contributed by atoms with Crippen LogP contribution in [-0.2, 0) is 13.6 Å². The van der Waals surface area contributed by atoms with E-state index in [0.29, 0.717) is 12.1 Å². The Bertz CT molecular complexity index is 727. The maximum atomic E-state index is 12.0. The quantitative estimate of drug-likeness (QED) is 0.739. The van der Waals surface area contributed by atoms with Gasteiger partial charge in [0.25, 0.3) is 5.91 Å². The summed E-state index contributed by atoms with van der Waals surface area (Å²) in [5.74, 6) is -0.123. The van der Waals surface area contributed by atoms with Crippen LogP contribution in [0.1, 0.15) is 16.1 Å². The first-order valence-corrected chi connectivity index (χ1v) is 5.92. The van der Waals surface area contributed by atoms with Gasteiger partial charge in [0.1, 0.15) is 0 Å². The van der Waals surface area contributed by atoms with E-state index < -0.39 is 0 Å². The van der Waals surface area contributed by atoms with Crippen molar-refractivity contribution in [2.45, 2.75) is 6.54 Å². The van der Waals surface area contributed by atoms with Gasteiger partial charge in [0.15, 0.2) is 0 Å². The second-order valence-corrected chi connectivity index (χ2v) is 4.30. The Balaban J connectivity index is 1.72. The Morgan fingerprint density at radius 3 is 3.11 bits per heavy atom. The normalized spacial score (nSPS) is 10.8. The minimum absolute atomic E-state index is 0.123. The van der Waals surface area contributed by atoms with Crippen LogP contribution < -0.4 is 5.32 Å². The number of fused-ring (bicyclic) bond motifs is 1. The third-order valence-corrected chi connectivity index (χ3v) is 2.88. The molecule has 1 amide bonds. The number of aryl methyl sites for hydroxylation is 1. The summed E-state index contributed by atoms with van der Waals surface area (Å²) in [6, 6.07) is 7.24. The minimum atomic E-state index is -0.123. The number of rotatable bonds is 3. The van der Waals surface area contributed by atoms with Gasteiger partial charge in [-0.1, -0.05) is 0 Å². The summed E-state index contributed by atoms with van der Waals surface area (Å²) in [4.78, 5) is 19.1. The first kappa shape index (κ1) is 11.5. The molecule has 0 unspecified atom stereocenters. The zero-order chi connectivity index (χ0) is 13.2. The van der Waals surface area contributed by atoms with E-state index in [1.807, 2.05) is 25.4 Å². The smallest absolute Gasteiger partial charge is 0.251 e. The van der Waals surface area contributed by atoms with Gasteiger partial charge in [0, 0.05) is 18.8 Å². The third-order valence-electron chi connectivity index (χ3n) is 2.88. The number of carbonyl (C=O) groups excluding carboxylic acids is 1. The first-order chi connectivity index (χ1) is 9.22. The van der Waals surface area contributed by atoms with Gasteiger partial charge in [0.2, 0.25) is 0 Å². The third kappa shape index (κ3) is 2.33. The van der Waals surface area contributed by atoms with Crippen molar-refractivity contribution in [1.82, 2.24) is 25.1 Å². The summed E-state index contributed by atoms with van der Waals surface area (Å²) in [5, 5.41) is 7.04. The largest absolute Gasteiger partial charge is 0.346 e. The lowest BCUT2D eigenvalue weighted by Gasteiger charge is -2.03. The number of H-pyrrole nitrogens is 1. The minimum Gasteiger partial charge on any atom is -0.346 e. The molecule has 2 N–H and O–H groups in total. The van der Waals surface area contributed by atoms with Crippen molar-refractivity contribution in [3.63, 3.8) is 0 Å². The summed E-state index contributed by atoms with van der Waals surface area (Å²) < 4.78 is 1.71. The standard InChI is InChI=1S/C13H13N5O/c1-18-5-4-10(17-18)7-14-13(19)9-2-3-11-12(6-9)16-8-15-11/h2-6,8H,7H2,1H3,(H,14,19)(H,15,16). The lowest BCUT2D eigenvalue weighted by Crippen LogP contribution is -2.23. The van der Waals surface area contributed by atoms with Crippen LogP contribution in [0.5, 0.6) is 0 Å². The number of imidazole rings is 1. The van der Waals surface area contributed by atoms with E-state index in [1.165, 1.54) is 0 Å². The first-order valence-electron chi connectivity index (χ1n) is 5.92. The van der Waals surface area contributed by atoms with Crippen LogP contribution in [0.3, 0.4) is 0 Å². The molecule has 0 aliphatic heterocycles. The molecule has 0 saturated carbocycles. The molecular formula is C13H13N5O. The Morgan fingerprint density at radius 1 is 1.42 bits per heavy atom. The Hall–Kier alpha value is -2.63. The predicted molar refractivity (Wildman–Crippen MR) is 70.5 cm³/mol. The molecular weight excluding hydrogens is 242 g/mol. The van der Waals surface area contributed by atoms with Gasteiger partial charge in [-0.3, -0.25) is 9.48 Å². The molecule has 3 aromatic rings. The van der Waals surface area contributed by atoms with Crippen molar-refractivity contribution in [1.29, 1.82) is 0 Å². The summed E-state index contributed by atoms with van der Waals surface area (Å²) >= 11 is 0. The number of benzene rings is 1. The van der Waals surface area contributed by atoms with Gasteiger partial charge in [-0.05, 0) is 24.3 Å². The highest BCUT2D eigenvalue weighted by atomic mass is 16.1. The molecule has 1 aromatic carbocycles. The molecule has 0 aliphatic rings. The SMILES string of the molecule is Cn1ccc(CNC(=O)c2ccc3nc[nH]c3c2)n1. The van der Waals surface area contributed by atoms with Crippen LogP contribution >= 0.6 is 0 Å². The van der Waals surface area contributed by atoms with Crippen LogP contribution in [0.4, 0.5) is 0 Å². The van der Waals surface area contributed by atoms with E-state index in [0.717, 1.165) is 16.7 Å². The van der Waals surface area contributed by atoms with E-state index in [2.05, 4.69) is 20.4 Å². The van der Waals surface area contributed by atoms with Crippen LogP contribution in [0.15, 0.2) is 36.8 Å². The molecule has 3 rings (SSSR count). The lowest BCUT2D eigenvalue weighted by atomic mass is 10.2. The molecule has 0 saturated heterocycles. The molecule has 0 fully saturated rings. The van der Waals surface area contributed by atoms with Crippen molar-refractivity contribution in [3.8, 4) is 0 Å². The molecule has 96 valence electrons. The topological polar surface area (TPSA) is 75.6 Å². The summed E-state index contributed by atoms with van der Waals surface area (Å²) in [7, 11) is 1.84. The Morgan fingerprint density at radius 2 is 2.32 bits per heavy atom. The van der Waals surface area contributed by atoms with Crippen molar-refractivity contribution < 1.29 is 4.79 Å². The number of nitrogens with zero attached hydrogens (tertiary/aromatic N) is 3. The number of hydrogen-bond donors (Lipinski definition) is 2. The number of hydrogen-bond acceptors (Lipinski definition) is 3. The fourth-order valence-electron chi connectivity index (χ4n) is 1.91. The predicted octanol–water partition coefficient (Wildman–Crippen LogP) is 1.23. The molecule has 2 aromatic heterocycles. The van der Waals surface area contributed by atoms with Crippen LogP contribution in [0.25, 0.3) is 11.0 Å². The number of aromatic nitrogens is 4. The average molecular weight is 255 g/mol. The summed E-state index contributed by atoms with van der Waals surface area (Å²) in [5.41, 5.74) is 3.14. The van der Waals surface area contributed by atoms with Crippen molar-refractivity contribution in [2.75, 3.05) is 0 Å². The highest BCUT2D eigenvalue weighted by Gasteiger charge is 2.07. The summed E-state index contributed by atoms with van der Waals surface area (Å²) in [6.07, 6.45) is 3.46. The number of carbonyl (C=O) groups is 1. The van der Waals surface area contributed by atoms with Crippen molar-refractivity contribution in [2.24, 2.45) is 7.05 Å². The van der Waals surface area contributed by atoms with E-state index in [-0.39, 0.29) is 5.91 Å².